The fourth-order valence-corrected chi connectivity index (χ4v) is 2.72. The first-order chi connectivity index (χ1) is 9.54. The number of aromatic nitrogens is 3. The van der Waals surface area contributed by atoms with Crippen LogP contribution in [0.2, 0.25) is 5.02 Å². The van der Waals surface area contributed by atoms with Crippen molar-refractivity contribution in [3.8, 4) is 0 Å². The third-order valence-electron chi connectivity index (χ3n) is 3.08. The van der Waals surface area contributed by atoms with E-state index in [1.165, 1.54) is 0 Å². The van der Waals surface area contributed by atoms with Gasteiger partial charge in [0.1, 0.15) is 12.2 Å². The molecule has 2 aromatic rings. The predicted molar refractivity (Wildman–Crippen MR) is 83.3 cm³/mol. The topological polar surface area (TPSA) is 68.8 Å². The maximum Gasteiger partial charge on any atom is 0.138 e. The third kappa shape index (κ3) is 3.20. The van der Waals surface area contributed by atoms with Gasteiger partial charge in [0.15, 0.2) is 0 Å². The minimum atomic E-state index is -0.123. The average Bonchev–Trinajstić information content (AvgIpc) is 2.88. The van der Waals surface area contributed by atoms with Crippen molar-refractivity contribution in [2.45, 2.75) is 32.4 Å². The van der Waals surface area contributed by atoms with Gasteiger partial charge >= 0.3 is 0 Å². The minimum absolute atomic E-state index is 0.123. The summed E-state index contributed by atoms with van der Waals surface area (Å²) in [4.78, 5) is 4.30. The Balaban J connectivity index is 2.29. The number of benzene rings is 1. The summed E-state index contributed by atoms with van der Waals surface area (Å²) in [6, 6.07) is 5.91. The maximum absolute atomic E-state index is 6.32. The largest absolute Gasteiger partial charge is 0.271 e. The zero-order valence-corrected chi connectivity index (χ0v) is 13.7. The van der Waals surface area contributed by atoms with E-state index in [0.29, 0.717) is 11.4 Å². The van der Waals surface area contributed by atoms with Gasteiger partial charge in [-0.15, -0.1) is 0 Å². The van der Waals surface area contributed by atoms with Crippen LogP contribution in [0.5, 0.6) is 0 Å². The molecular formula is C13H17BrClN5. The molecule has 0 amide bonds. The first-order valence-electron chi connectivity index (χ1n) is 6.33. The Labute approximate surface area is 131 Å². The molecule has 3 N–H and O–H groups in total. The van der Waals surface area contributed by atoms with E-state index in [9.17, 15) is 0 Å². The minimum Gasteiger partial charge on any atom is -0.271 e. The second kappa shape index (κ2) is 6.67. The molecule has 0 fully saturated rings. The Kier molecular flexibility index (Phi) is 5.15. The molecule has 0 saturated carbocycles. The lowest BCUT2D eigenvalue weighted by Crippen LogP contribution is -2.31. The van der Waals surface area contributed by atoms with Crippen LogP contribution in [0.3, 0.4) is 0 Å². The predicted octanol–water partition coefficient (Wildman–Crippen LogP) is 3.02. The van der Waals surface area contributed by atoms with Crippen LogP contribution in [0.1, 0.15) is 37.3 Å². The van der Waals surface area contributed by atoms with Gasteiger partial charge < -0.3 is 0 Å². The fraction of sp³-hybridized carbons (Fsp3) is 0.385. The SMILES string of the molecule is CC(C)n1ncnc1CC(NN)c1cccc(Br)c1Cl. The van der Waals surface area contributed by atoms with Crippen molar-refractivity contribution in [2.75, 3.05) is 0 Å². The van der Waals surface area contributed by atoms with E-state index in [-0.39, 0.29) is 12.1 Å². The number of nitrogens with two attached hydrogens (primary N) is 1. The molecule has 0 radical (unpaired) electrons. The second-order valence-electron chi connectivity index (χ2n) is 4.78. The van der Waals surface area contributed by atoms with Gasteiger partial charge in [0.25, 0.3) is 0 Å². The molecule has 0 spiro atoms. The van der Waals surface area contributed by atoms with Gasteiger partial charge in [0.05, 0.1) is 11.1 Å². The molecule has 1 aromatic heterocycles. The highest BCUT2D eigenvalue weighted by molar-refractivity contribution is 9.10. The summed E-state index contributed by atoms with van der Waals surface area (Å²) >= 11 is 9.75. The van der Waals surface area contributed by atoms with Crippen LogP contribution < -0.4 is 11.3 Å². The molecule has 0 saturated heterocycles. The highest BCUT2D eigenvalue weighted by Crippen LogP contribution is 2.31. The molecule has 20 heavy (non-hydrogen) atoms. The van der Waals surface area contributed by atoms with Gasteiger partial charge in [-0.05, 0) is 41.4 Å². The first-order valence-corrected chi connectivity index (χ1v) is 7.50. The van der Waals surface area contributed by atoms with Crippen molar-refractivity contribution in [3.63, 3.8) is 0 Å². The molecule has 0 aliphatic carbocycles. The summed E-state index contributed by atoms with van der Waals surface area (Å²) in [6.45, 7) is 4.13. The van der Waals surface area contributed by atoms with E-state index in [1.807, 2.05) is 22.9 Å². The van der Waals surface area contributed by atoms with E-state index in [1.54, 1.807) is 6.33 Å². The quantitative estimate of drug-likeness (QED) is 0.637. The van der Waals surface area contributed by atoms with Crippen molar-refractivity contribution in [1.29, 1.82) is 0 Å². The molecule has 1 unspecified atom stereocenters. The molecule has 0 aliphatic heterocycles. The van der Waals surface area contributed by atoms with Crippen LogP contribution >= 0.6 is 27.5 Å². The van der Waals surface area contributed by atoms with Gasteiger partial charge in [-0.25, -0.2) is 9.67 Å². The number of halogens is 2. The van der Waals surface area contributed by atoms with Crippen molar-refractivity contribution in [2.24, 2.45) is 5.84 Å². The Hall–Kier alpha value is -0.950. The van der Waals surface area contributed by atoms with Gasteiger partial charge in [0, 0.05) is 16.9 Å². The summed E-state index contributed by atoms with van der Waals surface area (Å²) in [6.07, 6.45) is 2.18. The van der Waals surface area contributed by atoms with E-state index in [0.717, 1.165) is 15.9 Å². The molecule has 108 valence electrons. The number of nitrogens with zero attached hydrogens (tertiary/aromatic N) is 3. The van der Waals surface area contributed by atoms with Crippen molar-refractivity contribution in [1.82, 2.24) is 20.2 Å². The lowest BCUT2D eigenvalue weighted by molar-refractivity contribution is 0.468. The van der Waals surface area contributed by atoms with E-state index < -0.39 is 0 Å². The van der Waals surface area contributed by atoms with Crippen LogP contribution in [-0.4, -0.2) is 14.8 Å². The standard InChI is InChI=1S/C13H17BrClN5/c1-8(2)20-12(17-7-18-20)6-11(19-16)9-4-3-5-10(14)13(9)15/h3-5,7-8,11,19H,6,16H2,1-2H3. The smallest absolute Gasteiger partial charge is 0.138 e. The maximum atomic E-state index is 6.32. The molecule has 7 heteroatoms. The molecule has 5 nitrogen and oxygen atoms in total. The number of hydrogen-bond donors (Lipinski definition) is 2. The van der Waals surface area contributed by atoms with E-state index in [2.05, 4.69) is 45.3 Å². The molecule has 2 rings (SSSR count). The van der Waals surface area contributed by atoms with Gasteiger partial charge in [-0.3, -0.25) is 11.3 Å². The molecule has 0 bridgehead atoms. The van der Waals surface area contributed by atoms with Gasteiger partial charge in [-0.1, -0.05) is 23.7 Å². The average molecular weight is 359 g/mol. The normalized spacial score (nSPS) is 12.9. The summed E-state index contributed by atoms with van der Waals surface area (Å²) in [5.74, 6) is 6.56. The van der Waals surface area contributed by atoms with Crippen molar-refractivity contribution >= 4 is 27.5 Å². The van der Waals surface area contributed by atoms with Crippen LogP contribution in [0.25, 0.3) is 0 Å². The molecule has 1 heterocycles. The summed E-state index contributed by atoms with van der Waals surface area (Å²) in [7, 11) is 0. The van der Waals surface area contributed by atoms with Crippen LogP contribution in [0, 0.1) is 0 Å². The summed E-state index contributed by atoms with van der Waals surface area (Å²) < 4.78 is 2.73. The first kappa shape index (κ1) is 15.4. The number of hydrazine groups is 1. The second-order valence-corrected chi connectivity index (χ2v) is 6.01. The van der Waals surface area contributed by atoms with Crippen molar-refractivity contribution < 1.29 is 0 Å². The summed E-state index contributed by atoms with van der Waals surface area (Å²) in [5.41, 5.74) is 3.74. The highest BCUT2D eigenvalue weighted by Gasteiger charge is 2.19. The van der Waals surface area contributed by atoms with Crippen LogP contribution in [-0.2, 0) is 6.42 Å². The molecule has 0 aliphatic rings. The molecule has 1 atom stereocenters. The van der Waals surface area contributed by atoms with Gasteiger partial charge in [-0.2, -0.15) is 5.10 Å². The summed E-state index contributed by atoms with van der Waals surface area (Å²) in [5, 5.41) is 4.89. The zero-order chi connectivity index (χ0) is 14.7. The Morgan fingerprint density at radius 1 is 1.45 bits per heavy atom. The number of rotatable bonds is 5. The van der Waals surface area contributed by atoms with E-state index >= 15 is 0 Å². The molecular weight excluding hydrogens is 342 g/mol. The van der Waals surface area contributed by atoms with Crippen molar-refractivity contribution in [3.05, 3.63) is 45.4 Å². The number of hydrogen-bond acceptors (Lipinski definition) is 4. The lowest BCUT2D eigenvalue weighted by atomic mass is 10.0. The third-order valence-corrected chi connectivity index (χ3v) is 4.39. The van der Waals surface area contributed by atoms with E-state index in [4.69, 9.17) is 17.4 Å². The lowest BCUT2D eigenvalue weighted by Gasteiger charge is -2.19. The Morgan fingerprint density at radius 2 is 2.20 bits per heavy atom. The van der Waals surface area contributed by atoms with Gasteiger partial charge in [0.2, 0.25) is 0 Å². The van der Waals surface area contributed by atoms with Crippen LogP contribution in [0.15, 0.2) is 29.0 Å². The number of nitrogens with one attached hydrogen (secondary N) is 1. The Morgan fingerprint density at radius 3 is 2.85 bits per heavy atom. The monoisotopic (exact) mass is 357 g/mol. The highest BCUT2D eigenvalue weighted by atomic mass is 79.9. The molecule has 1 aromatic carbocycles. The Bertz CT molecular complexity index is 584. The zero-order valence-electron chi connectivity index (χ0n) is 11.3. The van der Waals surface area contributed by atoms with Crippen LogP contribution in [0.4, 0.5) is 0 Å². The fourth-order valence-electron chi connectivity index (χ4n) is 2.08.